The van der Waals surface area contributed by atoms with Crippen molar-refractivity contribution < 1.29 is 9.59 Å². The van der Waals surface area contributed by atoms with Gasteiger partial charge in [0.1, 0.15) is 0 Å². The number of aryl methyl sites for hydroxylation is 1. The van der Waals surface area contributed by atoms with Gasteiger partial charge < -0.3 is 15.2 Å². The number of amides is 2. The highest BCUT2D eigenvalue weighted by atomic mass is 16.2. The molecule has 0 radical (unpaired) electrons. The molecule has 0 fully saturated rings. The van der Waals surface area contributed by atoms with E-state index in [4.69, 9.17) is 0 Å². The van der Waals surface area contributed by atoms with Crippen LogP contribution in [0.4, 0.5) is 0 Å². The molecule has 0 saturated heterocycles. The summed E-state index contributed by atoms with van der Waals surface area (Å²) in [7, 11) is 1.92. The molecule has 2 heterocycles. The molecule has 0 spiro atoms. The number of pyridine rings is 1. The van der Waals surface area contributed by atoms with Crippen molar-refractivity contribution >= 4 is 11.8 Å². The molecule has 0 aliphatic heterocycles. The van der Waals surface area contributed by atoms with Gasteiger partial charge in [0.25, 0.3) is 0 Å². The average molecular weight is 300 g/mol. The van der Waals surface area contributed by atoms with Crippen LogP contribution in [0.2, 0.25) is 0 Å². The molecule has 0 aromatic carbocycles. The first-order valence-corrected chi connectivity index (χ1v) is 7.15. The van der Waals surface area contributed by atoms with Gasteiger partial charge in [-0.1, -0.05) is 6.07 Å². The van der Waals surface area contributed by atoms with Crippen molar-refractivity contribution in [3.05, 3.63) is 53.6 Å². The van der Waals surface area contributed by atoms with Gasteiger partial charge in [-0.3, -0.25) is 14.6 Å². The van der Waals surface area contributed by atoms with Crippen LogP contribution in [-0.4, -0.2) is 27.9 Å². The molecule has 6 nitrogen and oxygen atoms in total. The topological polar surface area (TPSA) is 76.0 Å². The number of aromatic nitrogens is 2. The highest BCUT2D eigenvalue weighted by molar-refractivity contribution is 6.35. The lowest BCUT2D eigenvalue weighted by Crippen LogP contribution is -2.40. The number of carbonyl (C=O) groups excluding carboxylic acids is 2. The molecule has 2 aromatic heterocycles. The first-order valence-electron chi connectivity index (χ1n) is 7.15. The number of nitrogens with zero attached hydrogens (tertiary/aromatic N) is 2. The average Bonchev–Trinajstić information content (AvgIpc) is 2.85. The maximum Gasteiger partial charge on any atom is 0.309 e. The van der Waals surface area contributed by atoms with E-state index in [2.05, 4.69) is 15.6 Å². The van der Waals surface area contributed by atoms with Gasteiger partial charge >= 0.3 is 11.8 Å². The van der Waals surface area contributed by atoms with E-state index >= 15 is 0 Å². The highest BCUT2D eigenvalue weighted by Gasteiger charge is 2.13. The van der Waals surface area contributed by atoms with Crippen LogP contribution in [0.15, 0.2) is 36.5 Å². The third-order valence-corrected chi connectivity index (χ3v) is 3.51. The van der Waals surface area contributed by atoms with Gasteiger partial charge in [-0.25, -0.2) is 0 Å². The Labute approximate surface area is 129 Å². The number of rotatable bonds is 5. The van der Waals surface area contributed by atoms with E-state index in [1.54, 1.807) is 6.20 Å². The second kappa shape index (κ2) is 7.40. The van der Waals surface area contributed by atoms with Crippen molar-refractivity contribution in [3.63, 3.8) is 0 Å². The van der Waals surface area contributed by atoms with Crippen LogP contribution in [0, 0.1) is 6.92 Å². The Hall–Kier alpha value is -2.63. The second-order valence-electron chi connectivity index (χ2n) is 5.03. The van der Waals surface area contributed by atoms with Crippen LogP contribution < -0.4 is 10.6 Å². The minimum Gasteiger partial charge on any atom is -0.350 e. The summed E-state index contributed by atoms with van der Waals surface area (Å²) in [6, 6.07) is 9.49. The van der Waals surface area contributed by atoms with E-state index in [1.807, 2.05) is 48.9 Å². The largest absolute Gasteiger partial charge is 0.350 e. The third kappa shape index (κ3) is 4.18. The van der Waals surface area contributed by atoms with E-state index < -0.39 is 11.8 Å². The summed E-state index contributed by atoms with van der Waals surface area (Å²) >= 11 is 0. The molecule has 2 N–H and O–H groups in total. The Morgan fingerprint density at radius 2 is 1.91 bits per heavy atom. The summed E-state index contributed by atoms with van der Waals surface area (Å²) in [5.74, 6) is -1.25. The van der Waals surface area contributed by atoms with E-state index in [0.29, 0.717) is 19.5 Å². The van der Waals surface area contributed by atoms with Crippen LogP contribution >= 0.6 is 0 Å². The van der Waals surface area contributed by atoms with Gasteiger partial charge in [0.05, 0.1) is 6.54 Å². The Balaban J connectivity index is 1.73. The SMILES string of the molecule is Cc1ccc(CNC(=O)C(=O)NCCc2ccccn2)n1C. The molecule has 0 atom stereocenters. The van der Waals surface area contributed by atoms with Gasteiger partial charge in [0, 0.05) is 43.3 Å². The maximum absolute atomic E-state index is 11.7. The first-order chi connectivity index (χ1) is 10.6. The predicted molar refractivity (Wildman–Crippen MR) is 82.9 cm³/mol. The molecule has 2 aromatic rings. The summed E-state index contributed by atoms with van der Waals surface area (Å²) in [4.78, 5) is 27.6. The number of carbonyl (C=O) groups is 2. The van der Waals surface area contributed by atoms with Crippen LogP contribution in [0.1, 0.15) is 17.1 Å². The van der Waals surface area contributed by atoms with E-state index in [0.717, 1.165) is 17.1 Å². The third-order valence-electron chi connectivity index (χ3n) is 3.51. The van der Waals surface area contributed by atoms with Gasteiger partial charge in [-0.05, 0) is 31.2 Å². The lowest BCUT2D eigenvalue weighted by atomic mass is 10.3. The maximum atomic E-state index is 11.7. The zero-order valence-electron chi connectivity index (χ0n) is 12.8. The van der Waals surface area contributed by atoms with E-state index in [1.165, 1.54) is 0 Å². The van der Waals surface area contributed by atoms with Gasteiger partial charge in [0.15, 0.2) is 0 Å². The fourth-order valence-corrected chi connectivity index (χ4v) is 2.03. The van der Waals surface area contributed by atoms with Crippen LogP contribution in [-0.2, 0) is 29.6 Å². The predicted octanol–water partition coefficient (Wildman–Crippen LogP) is 0.704. The summed E-state index contributed by atoms with van der Waals surface area (Å²) in [6.07, 6.45) is 2.29. The molecule has 2 amide bonds. The number of hydrogen-bond donors (Lipinski definition) is 2. The molecular formula is C16H20N4O2. The fraction of sp³-hybridized carbons (Fsp3) is 0.312. The molecule has 0 bridgehead atoms. The summed E-state index contributed by atoms with van der Waals surface area (Å²) in [5.41, 5.74) is 2.93. The smallest absolute Gasteiger partial charge is 0.309 e. The second-order valence-corrected chi connectivity index (χ2v) is 5.03. The summed E-state index contributed by atoms with van der Waals surface area (Å²) < 4.78 is 1.97. The molecule has 0 unspecified atom stereocenters. The molecule has 6 heteroatoms. The zero-order valence-corrected chi connectivity index (χ0v) is 12.8. The molecule has 116 valence electrons. The summed E-state index contributed by atoms with van der Waals surface area (Å²) in [5, 5.41) is 5.20. The lowest BCUT2D eigenvalue weighted by Gasteiger charge is -2.08. The van der Waals surface area contributed by atoms with Gasteiger partial charge in [-0.15, -0.1) is 0 Å². The van der Waals surface area contributed by atoms with Crippen LogP contribution in [0.5, 0.6) is 0 Å². The van der Waals surface area contributed by atoms with E-state index in [-0.39, 0.29) is 0 Å². The first kappa shape index (κ1) is 15.8. The van der Waals surface area contributed by atoms with Crippen molar-refractivity contribution in [2.45, 2.75) is 19.9 Å². The monoisotopic (exact) mass is 300 g/mol. The van der Waals surface area contributed by atoms with Gasteiger partial charge in [-0.2, -0.15) is 0 Å². The quantitative estimate of drug-likeness (QED) is 0.798. The molecule has 0 aliphatic carbocycles. The fourth-order valence-electron chi connectivity index (χ4n) is 2.03. The van der Waals surface area contributed by atoms with Gasteiger partial charge in [0.2, 0.25) is 0 Å². The Kier molecular flexibility index (Phi) is 5.30. The Morgan fingerprint density at radius 3 is 2.55 bits per heavy atom. The van der Waals surface area contributed by atoms with Crippen molar-refractivity contribution in [2.24, 2.45) is 7.05 Å². The Bertz CT molecular complexity index is 649. The standard InChI is InChI=1S/C16H20N4O2/c1-12-6-7-14(20(12)2)11-19-16(22)15(21)18-10-8-13-5-3-4-9-17-13/h3-7,9H,8,10-11H2,1-2H3,(H,18,21)(H,19,22). The van der Waals surface area contributed by atoms with Crippen LogP contribution in [0.3, 0.4) is 0 Å². The minimum atomic E-state index is -0.625. The molecule has 22 heavy (non-hydrogen) atoms. The van der Waals surface area contributed by atoms with Crippen molar-refractivity contribution in [1.29, 1.82) is 0 Å². The molecule has 2 rings (SSSR count). The highest BCUT2D eigenvalue weighted by Crippen LogP contribution is 2.04. The number of hydrogen-bond acceptors (Lipinski definition) is 3. The van der Waals surface area contributed by atoms with Crippen molar-refractivity contribution in [2.75, 3.05) is 6.54 Å². The van der Waals surface area contributed by atoms with Crippen LogP contribution in [0.25, 0.3) is 0 Å². The summed E-state index contributed by atoms with van der Waals surface area (Å²) in [6.45, 7) is 2.69. The lowest BCUT2D eigenvalue weighted by molar-refractivity contribution is -0.139. The Morgan fingerprint density at radius 1 is 1.14 bits per heavy atom. The normalized spacial score (nSPS) is 10.3. The zero-order chi connectivity index (χ0) is 15.9. The molecular weight excluding hydrogens is 280 g/mol. The minimum absolute atomic E-state index is 0.330. The number of nitrogens with one attached hydrogen (secondary N) is 2. The van der Waals surface area contributed by atoms with Crippen molar-refractivity contribution in [3.8, 4) is 0 Å². The van der Waals surface area contributed by atoms with Crippen molar-refractivity contribution in [1.82, 2.24) is 20.2 Å². The van der Waals surface area contributed by atoms with E-state index in [9.17, 15) is 9.59 Å². The molecule has 0 saturated carbocycles. The molecule has 0 aliphatic rings.